The number of ether oxygens (including phenoxy) is 3. The first-order valence-corrected chi connectivity index (χ1v) is 10.6. The maximum atomic E-state index is 12.6. The highest BCUT2D eigenvalue weighted by Gasteiger charge is 2.30. The number of amides is 1. The summed E-state index contributed by atoms with van der Waals surface area (Å²) >= 11 is 7.54. The summed E-state index contributed by atoms with van der Waals surface area (Å²) in [5.41, 5.74) is 1.44. The van der Waals surface area contributed by atoms with Crippen LogP contribution in [0.3, 0.4) is 0 Å². The quantitative estimate of drug-likeness (QED) is 0.446. The summed E-state index contributed by atoms with van der Waals surface area (Å²) < 4.78 is 15.3. The first-order chi connectivity index (χ1) is 14.9. The van der Waals surface area contributed by atoms with Gasteiger partial charge in [-0.15, -0.1) is 0 Å². The summed E-state index contributed by atoms with van der Waals surface area (Å²) in [7, 11) is 3.28. The van der Waals surface area contributed by atoms with Crippen LogP contribution < -0.4 is 9.47 Å². The summed E-state index contributed by atoms with van der Waals surface area (Å²) in [5, 5.41) is 0.900. The molecular formula is C22H21ClN2O5S. The van der Waals surface area contributed by atoms with Gasteiger partial charge >= 0.3 is 5.97 Å². The van der Waals surface area contributed by atoms with Crippen molar-refractivity contribution in [3.05, 3.63) is 58.0 Å². The Balaban J connectivity index is 1.74. The van der Waals surface area contributed by atoms with Crippen molar-refractivity contribution in [3.8, 4) is 11.5 Å². The molecule has 0 N–H and O–H groups in total. The molecule has 0 spiro atoms. The van der Waals surface area contributed by atoms with Crippen molar-refractivity contribution in [1.82, 2.24) is 4.90 Å². The predicted molar refractivity (Wildman–Crippen MR) is 122 cm³/mol. The molecule has 0 radical (unpaired) electrons. The van der Waals surface area contributed by atoms with Gasteiger partial charge in [-0.2, -0.15) is 0 Å². The molecule has 9 heteroatoms. The van der Waals surface area contributed by atoms with E-state index < -0.39 is 5.97 Å². The molecule has 7 nitrogen and oxygen atoms in total. The number of rotatable bonds is 7. The number of hydrogen-bond donors (Lipinski definition) is 0. The van der Waals surface area contributed by atoms with Gasteiger partial charge < -0.3 is 14.2 Å². The molecule has 0 aromatic heterocycles. The minimum absolute atomic E-state index is 0.156. The molecule has 162 valence electrons. The molecule has 0 aliphatic carbocycles. The lowest BCUT2D eigenvalue weighted by molar-refractivity contribution is -0.145. The fourth-order valence-electron chi connectivity index (χ4n) is 2.63. The Morgan fingerprint density at radius 1 is 1.23 bits per heavy atom. The smallest absolute Gasteiger partial charge is 0.344 e. The molecule has 2 aromatic rings. The zero-order chi connectivity index (χ0) is 22.4. The molecule has 1 aliphatic rings. The van der Waals surface area contributed by atoms with E-state index in [9.17, 15) is 9.59 Å². The van der Waals surface area contributed by atoms with Gasteiger partial charge in [0.15, 0.2) is 11.8 Å². The van der Waals surface area contributed by atoms with Crippen molar-refractivity contribution in [1.29, 1.82) is 0 Å². The number of hydrogen-bond acceptors (Lipinski definition) is 7. The summed E-state index contributed by atoms with van der Waals surface area (Å²) in [4.78, 5) is 30.6. The van der Waals surface area contributed by atoms with Gasteiger partial charge in [-0.3, -0.25) is 9.69 Å². The molecule has 31 heavy (non-hydrogen) atoms. The van der Waals surface area contributed by atoms with E-state index in [2.05, 4.69) is 4.99 Å². The van der Waals surface area contributed by atoms with Crippen molar-refractivity contribution < 1.29 is 23.8 Å². The van der Waals surface area contributed by atoms with Crippen LogP contribution in [0, 0.1) is 0 Å². The number of benzene rings is 2. The first-order valence-electron chi connectivity index (χ1n) is 9.39. The molecule has 0 saturated carbocycles. The summed E-state index contributed by atoms with van der Waals surface area (Å²) in [6.07, 6.45) is 1.74. The lowest BCUT2D eigenvalue weighted by Gasteiger charge is -2.08. The molecule has 1 amide bonds. The van der Waals surface area contributed by atoms with E-state index in [0.717, 1.165) is 17.0 Å². The fourth-order valence-corrected chi connectivity index (χ4v) is 3.86. The second-order valence-electron chi connectivity index (χ2n) is 6.35. The number of carbonyl (C=O) groups excluding carboxylic acids is 2. The van der Waals surface area contributed by atoms with Crippen LogP contribution in [0.1, 0.15) is 12.5 Å². The molecule has 0 bridgehead atoms. The summed E-state index contributed by atoms with van der Waals surface area (Å²) in [6.45, 7) is 1.78. The molecule has 1 fully saturated rings. The number of halogens is 1. The number of amidine groups is 1. The van der Waals surface area contributed by atoms with Gasteiger partial charge in [-0.1, -0.05) is 17.7 Å². The number of methoxy groups -OCH3 is 1. The van der Waals surface area contributed by atoms with E-state index in [-0.39, 0.29) is 19.1 Å². The van der Waals surface area contributed by atoms with Gasteiger partial charge in [0.2, 0.25) is 0 Å². The fraction of sp³-hybridized carbons (Fsp3) is 0.227. The SMILES string of the molecule is CCOC(=O)COc1ccc(C=C2SC(=Nc3ccc(OC)cc3)N(C)C2=O)cc1Cl. The first kappa shape index (κ1) is 22.7. The van der Waals surface area contributed by atoms with Gasteiger partial charge in [0.1, 0.15) is 11.5 Å². The van der Waals surface area contributed by atoms with Crippen molar-refractivity contribution in [2.24, 2.45) is 4.99 Å². The highest BCUT2D eigenvalue weighted by molar-refractivity contribution is 8.18. The number of aliphatic imine (C=N–C) groups is 1. The van der Waals surface area contributed by atoms with Gasteiger partial charge in [-0.05, 0) is 66.7 Å². The van der Waals surface area contributed by atoms with Crippen LogP contribution in [0.2, 0.25) is 5.02 Å². The van der Waals surface area contributed by atoms with E-state index in [0.29, 0.717) is 20.8 Å². The standard InChI is InChI=1S/C22H21ClN2O5S/c1-4-29-20(26)13-30-18-10-5-14(11-17(18)23)12-19-21(27)25(2)22(31-19)24-15-6-8-16(28-3)9-7-15/h5-12H,4,13H2,1-3H3. The molecule has 1 aliphatic heterocycles. The Morgan fingerprint density at radius 3 is 2.61 bits per heavy atom. The number of thioether (sulfide) groups is 1. The number of carbonyl (C=O) groups is 2. The van der Waals surface area contributed by atoms with Gasteiger partial charge in [-0.25, -0.2) is 9.79 Å². The van der Waals surface area contributed by atoms with Crippen LogP contribution in [-0.4, -0.2) is 49.3 Å². The van der Waals surface area contributed by atoms with E-state index in [1.54, 1.807) is 45.4 Å². The Bertz CT molecular complexity index is 1040. The van der Waals surface area contributed by atoms with E-state index in [4.69, 9.17) is 25.8 Å². The third kappa shape index (κ3) is 5.80. The van der Waals surface area contributed by atoms with Crippen LogP contribution >= 0.6 is 23.4 Å². The van der Waals surface area contributed by atoms with E-state index in [1.165, 1.54) is 16.7 Å². The predicted octanol–water partition coefficient (Wildman–Crippen LogP) is 4.52. The molecule has 2 aromatic carbocycles. The normalized spacial score (nSPS) is 16.1. The zero-order valence-corrected chi connectivity index (χ0v) is 18.8. The van der Waals surface area contributed by atoms with Crippen LogP contribution in [0.15, 0.2) is 52.4 Å². The number of nitrogens with zero attached hydrogens (tertiary/aromatic N) is 2. The second-order valence-corrected chi connectivity index (χ2v) is 7.77. The van der Waals surface area contributed by atoms with Crippen molar-refractivity contribution in [3.63, 3.8) is 0 Å². The van der Waals surface area contributed by atoms with Crippen LogP contribution in [0.4, 0.5) is 5.69 Å². The Labute approximate surface area is 189 Å². The maximum absolute atomic E-state index is 12.6. The lowest BCUT2D eigenvalue weighted by Crippen LogP contribution is -2.23. The number of likely N-dealkylation sites (N-methyl/N-ethyl adjacent to an activating group) is 1. The molecule has 1 saturated heterocycles. The minimum Gasteiger partial charge on any atom is -0.497 e. The van der Waals surface area contributed by atoms with Crippen LogP contribution in [-0.2, 0) is 14.3 Å². The molecule has 1 heterocycles. The van der Waals surface area contributed by atoms with Crippen LogP contribution in [0.5, 0.6) is 11.5 Å². The monoisotopic (exact) mass is 460 g/mol. The molecule has 0 atom stereocenters. The topological polar surface area (TPSA) is 77.4 Å². The minimum atomic E-state index is -0.468. The maximum Gasteiger partial charge on any atom is 0.344 e. The highest BCUT2D eigenvalue weighted by atomic mass is 35.5. The van der Waals surface area contributed by atoms with E-state index >= 15 is 0 Å². The van der Waals surface area contributed by atoms with Crippen LogP contribution in [0.25, 0.3) is 6.08 Å². The van der Waals surface area contributed by atoms with Gasteiger partial charge in [0, 0.05) is 7.05 Å². The van der Waals surface area contributed by atoms with Gasteiger partial charge in [0.25, 0.3) is 5.91 Å². The summed E-state index contributed by atoms with van der Waals surface area (Å²) in [5.74, 6) is 0.473. The van der Waals surface area contributed by atoms with E-state index in [1.807, 2.05) is 24.3 Å². The molecule has 0 unspecified atom stereocenters. The molecular weight excluding hydrogens is 440 g/mol. The second kappa shape index (κ2) is 10.4. The third-order valence-corrected chi connectivity index (χ3v) is 5.56. The van der Waals surface area contributed by atoms with Crippen molar-refractivity contribution in [2.45, 2.75) is 6.92 Å². The average molecular weight is 461 g/mol. The zero-order valence-electron chi connectivity index (χ0n) is 17.3. The van der Waals surface area contributed by atoms with Crippen molar-refractivity contribution in [2.75, 3.05) is 27.4 Å². The molecule has 3 rings (SSSR count). The Kier molecular flexibility index (Phi) is 7.59. The summed E-state index contributed by atoms with van der Waals surface area (Å²) in [6, 6.07) is 12.3. The highest BCUT2D eigenvalue weighted by Crippen LogP contribution is 2.34. The van der Waals surface area contributed by atoms with Gasteiger partial charge in [0.05, 0.1) is 29.3 Å². The average Bonchev–Trinajstić information content (AvgIpc) is 3.01. The Morgan fingerprint density at radius 2 is 1.97 bits per heavy atom. The largest absolute Gasteiger partial charge is 0.497 e. The Hall–Kier alpha value is -2.97. The van der Waals surface area contributed by atoms with Crippen molar-refractivity contribution >= 4 is 52.2 Å². The lowest BCUT2D eigenvalue weighted by atomic mass is 10.2. The third-order valence-electron chi connectivity index (χ3n) is 4.21. The number of esters is 1.